The molecule has 0 radical (unpaired) electrons. The van der Waals surface area contributed by atoms with E-state index in [9.17, 15) is 0 Å². The molecule has 0 bridgehead atoms. The molecule has 0 heterocycles. The van der Waals surface area contributed by atoms with Gasteiger partial charge in [0.05, 0.1) is 0 Å². The van der Waals surface area contributed by atoms with Gasteiger partial charge in [0.15, 0.2) is 0 Å². The molecule has 0 spiro atoms. The first kappa shape index (κ1) is 76.7. The summed E-state index contributed by atoms with van der Waals surface area (Å²) < 4.78 is 0. The van der Waals surface area contributed by atoms with Crippen LogP contribution in [0.5, 0.6) is 0 Å². The minimum atomic E-state index is -1.08. The molecule has 0 aromatic carbocycles. The number of aliphatic carboxylic acids is 6. The van der Waals surface area contributed by atoms with Crippen molar-refractivity contribution < 1.29 is 368 Å². The second-order valence-electron chi connectivity index (χ2n) is 2.95. The summed E-state index contributed by atoms with van der Waals surface area (Å²) in [5.41, 5.74) is 0. The van der Waals surface area contributed by atoms with Gasteiger partial charge in [-0.25, -0.2) is 0 Å². The van der Waals surface area contributed by atoms with Crippen LogP contribution in [0.3, 0.4) is 0 Å². The number of carbonyl (C=O) groups is 6. The molecule has 0 aliphatic carbocycles. The maximum atomic E-state index is 8.89. The van der Waals surface area contributed by atoms with E-state index in [1.165, 1.54) is 0 Å². The third-order valence-electron chi connectivity index (χ3n) is 0. The van der Waals surface area contributed by atoms with Crippen LogP contribution in [0.2, 0.25) is 0 Å². The Labute approximate surface area is 431 Å². The van der Waals surface area contributed by atoms with Gasteiger partial charge in [0.25, 0.3) is 0 Å². The van der Waals surface area contributed by atoms with E-state index in [0.29, 0.717) is 0 Å². The van der Waals surface area contributed by atoms with E-state index in [1.54, 1.807) is 0 Å². The van der Waals surface area contributed by atoms with Crippen molar-refractivity contribution in [2.75, 3.05) is 0 Å². The molecule has 0 aliphatic rings. The van der Waals surface area contributed by atoms with Crippen LogP contribution >= 0.6 is 0 Å². The topological polar surface area (TPSA) is 241 Å². The summed E-state index contributed by atoms with van der Waals surface area (Å²) in [6.07, 6.45) is 0. The summed E-state index contributed by atoms with van der Waals surface area (Å²) >= 11 is 0. The summed E-state index contributed by atoms with van der Waals surface area (Å²) in [7, 11) is 0. The third kappa shape index (κ3) is 889. The molecule has 0 saturated carbocycles. The maximum absolute atomic E-state index is 8.89. The average molecular weight is 589 g/mol. The van der Waals surface area contributed by atoms with Crippen LogP contribution in [0.4, 0.5) is 0 Å². The van der Waals surface area contributed by atoms with Crippen molar-refractivity contribution in [1.82, 2.24) is 0 Å². The van der Waals surface area contributed by atoms with E-state index in [1.807, 2.05) is 0 Å². The van der Waals surface area contributed by atoms with Crippen molar-refractivity contribution in [1.29, 1.82) is 0 Å². The zero-order chi connectivity index (χ0) is 21.5. The minimum absolute atomic E-state index is 0. The number of carboxylic acids is 6. The van der Waals surface area contributed by atoms with E-state index in [2.05, 4.69) is 0 Å². The molecule has 144 valence electrons. The fourth-order valence-corrected chi connectivity index (χ4v) is 0. The van der Waals surface area contributed by atoms with Gasteiger partial charge in [0.2, 0.25) is 0 Å². The number of carboxylic acid groups (broad SMARTS) is 6. The second kappa shape index (κ2) is 70.4. The SMILES string of the molecule is CC(=O)[O-].CC(=O)[O-].CC(=O)[O-].CC(=O)[O-].CC(=O)[O-].CC(=O)[O-].[K+].[K+].[K+].[K+].[K+].[K+]. The molecule has 30 heavy (non-hydrogen) atoms. The molecule has 0 fully saturated rings. The van der Waals surface area contributed by atoms with Gasteiger partial charge in [-0.1, -0.05) is 0 Å². The van der Waals surface area contributed by atoms with Crippen molar-refractivity contribution in [2.24, 2.45) is 0 Å². The standard InChI is InChI=1S/6C2H4O2.6K/c6*1-2(3)4;;;;;;/h6*1H3,(H,3,4);;;;;;/q;;;;;;6*+1/p-6. The molecule has 0 atom stereocenters. The predicted octanol–water partition coefficient (Wildman–Crippen LogP) is -25.4. The zero-order valence-corrected chi connectivity index (χ0v) is 38.6. The van der Waals surface area contributed by atoms with Crippen molar-refractivity contribution >= 4 is 35.8 Å². The van der Waals surface area contributed by atoms with Gasteiger partial charge in [-0.2, -0.15) is 0 Å². The van der Waals surface area contributed by atoms with Gasteiger partial charge in [0.1, 0.15) is 0 Å². The summed E-state index contributed by atoms with van der Waals surface area (Å²) in [5, 5.41) is 53.3. The van der Waals surface area contributed by atoms with Crippen molar-refractivity contribution in [3.05, 3.63) is 0 Å². The number of rotatable bonds is 0. The van der Waals surface area contributed by atoms with Crippen LogP contribution < -0.4 is 339 Å². The van der Waals surface area contributed by atoms with Crippen LogP contribution in [0.25, 0.3) is 0 Å². The molecule has 0 aliphatic heterocycles. The number of hydrogen-bond donors (Lipinski definition) is 0. The Morgan fingerprint density at radius 2 is 0.300 bits per heavy atom. The van der Waals surface area contributed by atoms with Crippen LogP contribution in [0.15, 0.2) is 0 Å². The van der Waals surface area contributed by atoms with E-state index < -0.39 is 35.8 Å². The Hall–Kier alpha value is 6.64. The monoisotopic (exact) mass is 588 g/mol. The van der Waals surface area contributed by atoms with Gasteiger partial charge in [0, 0.05) is 35.8 Å². The minimum Gasteiger partial charge on any atom is -0.550 e. The summed E-state index contributed by atoms with van der Waals surface area (Å²) in [6, 6.07) is 0. The summed E-state index contributed by atoms with van der Waals surface area (Å²) in [6.45, 7) is 5.83. The second-order valence-corrected chi connectivity index (χ2v) is 2.95. The van der Waals surface area contributed by atoms with Crippen LogP contribution in [-0.4, -0.2) is 35.8 Å². The van der Waals surface area contributed by atoms with Crippen molar-refractivity contribution in [2.45, 2.75) is 41.5 Å². The maximum Gasteiger partial charge on any atom is 1.00 e. The van der Waals surface area contributed by atoms with Gasteiger partial charge in [-0.05, 0) is 41.5 Å². The van der Waals surface area contributed by atoms with Crippen LogP contribution in [0, 0.1) is 0 Å². The Balaban J connectivity index is -0.0000000125. The smallest absolute Gasteiger partial charge is 0.550 e. The molecule has 12 nitrogen and oxygen atoms in total. The van der Waals surface area contributed by atoms with Gasteiger partial charge >= 0.3 is 308 Å². The summed E-state index contributed by atoms with van der Waals surface area (Å²) in [5.74, 6) is -6.50. The van der Waals surface area contributed by atoms with Crippen molar-refractivity contribution in [3.8, 4) is 0 Å². The quantitative estimate of drug-likeness (QED) is 0.239. The zero-order valence-electron chi connectivity index (χ0n) is 19.9. The van der Waals surface area contributed by atoms with Gasteiger partial charge < -0.3 is 59.4 Å². The Morgan fingerprint density at radius 3 is 0.300 bits per heavy atom. The normalized spacial score (nSPS) is 5.00. The van der Waals surface area contributed by atoms with E-state index in [-0.39, 0.29) is 308 Å². The first-order valence-corrected chi connectivity index (χ1v) is 5.45. The summed E-state index contributed by atoms with van der Waals surface area (Å²) in [4.78, 5) is 53.3. The molecular weight excluding hydrogens is 571 g/mol. The molecule has 0 rings (SSSR count). The molecule has 0 amide bonds. The predicted molar refractivity (Wildman–Crippen MR) is 64.1 cm³/mol. The molecule has 0 unspecified atom stereocenters. The molecule has 0 N–H and O–H groups in total. The van der Waals surface area contributed by atoms with Gasteiger partial charge in [-0.15, -0.1) is 0 Å². The molecule has 18 heteroatoms. The van der Waals surface area contributed by atoms with Crippen LogP contribution in [-0.2, 0) is 28.8 Å². The molecule has 0 saturated heterocycles. The molecule has 0 aromatic heterocycles. The molecular formula is C12H18K6O12. The number of hydrogen-bond acceptors (Lipinski definition) is 12. The largest absolute Gasteiger partial charge is 1.00 e. The fraction of sp³-hybridized carbons (Fsp3) is 0.500. The Bertz CT molecular complexity index is 277. The van der Waals surface area contributed by atoms with Gasteiger partial charge in [-0.3, -0.25) is 0 Å². The van der Waals surface area contributed by atoms with E-state index in [0.717, 1.165) is 41.5 Å². The number of carbonyl (C=O) groups excluding carboxylic acids is 6. The van der Waals surface area contributed by atoms with Crippen LogP contribution in [0.1, 0.15) is 41.5 Å². The third-order valence-corrected chi connectivity index (χ3v) is 0. The fourth-order valence-electron chi connectivity index (χ4n) is 0. The first-order chi connectivity index (χ1) is 10.4. The Morgan fingerprint density at radius 1 is 0.300 bits per heavy atom. The van der Waals surface area contributed by atoms with E-state index in [4.69, 9.17) is 59.4 Å². The van der Waals surface area contributed by atoms with E-state index >= 15 is 0 Å². The Kier molecular flexibility index (Phi) is 180. The van der Waals surface area contributed by atoms with Crippen molar-refractivity contribution in [3.63, 3.8) is 0 Å². The average Bonchev–Trinajstić information content (AvgIpc) is 2.08. The first-order valence-electron chi connectivity index (χ1n) is 5.45. The molecule has 0 aromatic rings.